The standard InChI is InChI=1S/C27H35FN2O3/c1-2-3-7-17-30(21-22-10-12-24(28)13-11-22)27(32)23-14-18-29(19-15-23)26(31)16-20-33-25-8-5-4-6-9-25/h4-6,8-13,23H,2-3,7,14-21H2,1H3. The zero-order chi connectivity index (χ0) is 23.5. The minimum Gasteiger partial charge on any atom is -0.493 e. The van der Waals surface area contributed by atoms with E-state index in [9.17, 15) is 14.0 Å². The zero-order valence-electron chi connectivity index (χ0n) is 19.5. The lowest BCUT2D eigenvalue weighted by Gasteiger charge is -2.34. The number of rotatable bonds is 11. The molecule has 0 saturated carbocycles. The lowest BCUT2D eigenvalue weighted by Crippen LogP contribution is -2.44. The van der Waals surface area contributed by atoms with Gasteiger partial charge >= 0.3 is 0 Å². The van der Waals surface area contributed by atoms with Gasteiger partial charge in [-0.2, -0.15) is 0 Å². The van der Waals surface area contributed by atoms with E-state index in [0.29, 0.717) is 52.0 Å². The monoisotopic (exact) mass is 454 g/mol. The van der Waals surface area contributed by atoms with Crippen molar-refractivity contribution in [1.82, 2.24) is 9.80 Å². The Hall–Kier alpha value is -2.89. The molecule has 2 amide bonds. The van der Waals surface area contributed by atoms with Crippen LogP contribution in [0.5, 0.6) is 5.75 Å². The maximum Gasteiger partial charge on any atom is 0.226 e. The highest BCUT2D eigenvalue weighted by atomic mass is 19.1. The summed E-state index contributed by atoms with van der Waals surface area (Å²) in [7, 11) is 0. The van der Waals surface area contributed by atoms with Crippen LogP contribution in [0.2, 0.25) is 0 Å². The number of benzene rings is 2. The molecule has 0 N–H and O–H groups in total. The van der Waals surface area contributed by atoms with Crippen LogP contribution in [0.25, 0.3) is 0 Å². The highest BCUT2D eigenvalue weighted by molar-refractivity contribution is 5.80. The predicted molar refractivity (Wildman–Crippen MR) is 127 cm³/mol. The third-order valence-corrected chi connectivity index (χ3v) is 6.15. The van der Waals surface area contributed by atoms with Gasteiger partial charge in [-0.05, 0) is 49.1 Å². The molecular formula is C27H35FN2O3. The summed E-state index contributed by atoms with van der Waals surface area (Å²) in [6.07, 6.45) is 4.82. The maximum absolute atomic E-state index is 13.3. The van der Waals surface area contributed by atoms with E-state index in [2.05, 4.69) is 6.92 Å². The second-order valence-electron chi connectivity index (χ2n) is 8.66. The van der Waals surface area contributed by atoms with Gasteiger partial charge < -0.3 is 14.5 Å². The number of unbranched alkanes of at least 4 members (excludes halogenated alkanes) is 2. The van der Waals surface area contributed by atoms with E-state index in [4.69, 9.17) is 4.74 Å². The summed E-state index contributed by atoms with van der Waals surface area (Å²) in [6.45, 7) is 4.90. The van der Waals surface area contributed by atoms with Crippen LogP contribution in [-0.4, -0.2) is 47.9 Å². The first-order chi connectivity index (χ1) is 16.1. The van der Waals surface area contributed by atoms with Crippen molar-refractivity contribution in [1.29, 1.82) is 0 Å². The molecule has 0 radical (unpaired) electrons. The van der Waals surface area contributed by atoms with Crippen LogP contribution >= 0.6 is 0 Å². The van der Waals surface area contributed by atoms with Crippen molar-refractivity contribution in [3.8, 4) is 5.75 Å². The van der Waals surface area contributed by atoms with Crippen molar-refractivity contribution in [2.45, 2.75) is 52.0 Å². The number of carbonyl (C=O) groups is 2. The van der Waals surface area contributed by atoms with Crippen LogP contribution in [0, 0.1) is 11.7 Å². The fourth-order valence-corrected chi connectivity index (χ4v) is 4.20. The Bertz CT molecular complexity index is 865. The molecule has 1 aliphatic rings. The second kappa shape index (κ2) is 13.0. The van der Waals surface area contributed by atoms with Gasteiger partial charge in [-0.25, -0.2) is 4.39 Å². The Morgan fingerprint density at radius 3 is 2.39 bits per heavy atom. The van der Waals surface area contributed by atoms with Gasteiger partial charge in [0.2, 0.25) is 11.8 Å². The molecule has 3 rings (SSSR count). The zero-order valence-corrected chi connectivity index (χ0v) is 19.5. The summed E-state index contributed by atoms with van der Waals surface area (Å²) in [5, 5.41) is 0. The van der Waals surface area contributed by atoms with Crippen LogP contribution in [-0.2, 0) is 16.1 Å². The molecule has 6 heteroatoms. The number of nitrogens with zero attached hydrogens (tertiary/aromatic N) is 2. The number of piperidine rings is 1. The fraction of sp³-hybridized carbons (Fsp3) is 0.481. The number of likely N-dealkylation sites (tertiary alicyclic amines) is 1. The summed E-state index contributed by atoms with van der Waals surface area (Å²) in [4.78, 5) is 29.6. The predicted octanol–water partition coefficient (Wildman–Crippen LogP) is 5.05. The van der Waals surface area contributed by atoms with Gasteiger partial charge in [-0.1, -0.05) is 50.1 Å². The molecule has 33 heavy (non-hydrogen) atoms. The summed E-state index contributed by atoms with van der Waals surface area (Å²) in [5.41, 5.74) is 0.937. The van der Waals surface area contributed by atoms with E-state index >= 15 is 0 Å². The molecule has 0 unspecified atom stereocenters. The third kappa shape index (κ3) is 7.88. The van der Waals surface area contributed by atoms with Crippen LogP contribution < -0.4 is 4.74 Å². The van der Waals surface area contributed by atoms with Gasteiger partial charge in [0.05, 0.1) is 13.0 Å². The maximum atomic E-state index is 13.3. The van der Waals surface area contributed by atoms with Gasteiger partial charge in [0.15, 0.2) is 0 Å². The smallest absolute Gasteiger partial charge is 0.226 e. The van der Waals surface area contributed by atoms with E-state index < -0.39 is 0 Å². The van der Waals surface area contributed by atoms with Crippen molar-refractivity contribution in [3.05, 3.63) is 66.0 Å². The fourth-order valence-electron chi connectivity index (χ4n) is 4.20. The average Bonchev–Trinajstić information content (AvgIpc) is 2.85. The van der Waals surface area contributed by atoms with Gasteiger partial charge in [0, 0.05) is 32.1 Å². The topological polar surface area (TPSA) is 49.9 Å². The molecule has 5 nitrogen and oxygen atoms in total. The summed E-state index contributed by atoms with van der Waals surface area (Å²) < 4.78 is 18.9. The number of hydrogen-bond acceptors (Lipinski definition) is 3. The number of para-hydroxylation sites is 1. The van der Waals surface area contributed by atoms with Gasteiger partial charge in [-0.15, -0.1) is 0 Å². The van der Waals surface area contributed by atoms with Crippen molar-refractivity contribution in [2.24, 2.45) is 5.92 Å². The molecule has 1 heterocycles. The van der Waals surface area contributed by atoms with Gasteiger partial charge in [0.25, 0.3) is 0 Å². The van der Waals surface area contributed by atoms with Gasteiger partial charge in [0.1, 0.15) is 11.6 Å². The molecule has 2 aromatic rings. The van der Waals surface area contributed by atoms with Crippen molar-refractivity contribution in [2.75, 3.05) is 26.2 Å². The van der Waals surface area contributed by atoms with Gasteiger partial charge in [-0.3, -0.25) is 9.59 Å². The van der Waals surface area contributed by atoms with E-state index in [-0.39, 0.29) is 23.5 Å². The lowest BCUT2D eigenvalue weighted by molar-refractivity contribution is -0.141. The molecule has 178 valence electrons. The summed E-state index contributed by atoms with van der Waals surface area (Å²) in [5.74, 6) is 0.641. The van der Waals surface area contributed by atoms with E-state index in [1.54, 1.807) is 12.1 Å². The Labute approximate surface area is 196 Å². The first kappa shape index (κ1) is 24.7. The minimum atomic E-state index is -0.270. The van der Waals surface area contributed by atoms with Crippen LogP contribution in [0.15, 0.2) is 54.6 Å². The first-order valence-electron chi connectivity index (χ1n) is 12.1. The van der Waals surface area contributed by atoms with Crippen molar-refractivity contribution < 1.29 is 18.7 Å². The first-order valence-corrected chi connectivity index (χ1v) is 12.1. The summed E-state index contributed by atoms with van der Waals surface area (Å²) in [6, 6.07) is 15.8. The Morgan fingerprint density at radius 2 is 1.73 bits per heavy atom. The minimum absolute atomic E-state index is 0.0722. The SMILES string of the molecule is CCCCCN(Cc1ccc(F)cc1)C(=O)C1CCN(C(=O)CCOc2ccccc2)CC1. The third-order valence-electron chi connectivity index (χ3n) is 6.15. The van der Waals surface area contributed by atoms with E-state index in [1.807, 2.05) is 40.1 Å². The van der Waals surface area contributed by atoms with E-state index in [1.165, 1.54) is 12.1 Å². The van der Waals surface area contributed by atoms with E-state index in [0.717, 1.165) is 30.6 Å². The Kier molecular flexibility index (Phi) is 9.73. The van der Waals surface area contributed by atoms with Crippen LogP contribution in [0.4, 0.5) is 4.39 Å². The van der Waals surface area contributed by atoms with Crippen LogP contribution in [0.1, 0.15) is 51.0 Å². The Morgan fingerprint density at radius 1 is 1.03 bits per heavy atom. The largest absolute Gasteiger partial charge is 0.493 e. The highest BCUT2D eigenvalue weighted by Gasteiger charge is 2.30. The lowest BCUT2D eigenvalue weighted by atomic mass is 9.94. The average molecular weight is 455 g/mol. The molecule has 2 aromatic carbocycles. The number of carbonyl (C=O) groups excluding carboxylic acids is 2. The normalized spacial score (nSPS) is 14.2. The molecule has 1 fully saturated rings. The molecule has 0 aliphatic carbocycles. The molecule has 0 bridgehead atoms. The molecule has 0 atom stereocenters. The van der Waals surface area contributed by atoms with Crippen molar-refractivity contribution in [3.63, 3.8) is 0 Å². The number of hydrogen-bond donors (Lipinski definition) is 0. The molecule has 0 aromatic heterocycles. The quantitative estimate of drug-likeness (QED) is 0.447. The number of ether oxygens (including phenoxy) is 1. The molecule has 1 aliphatic heterocycles. The highest BCUT2D eigenvalue weighted by Crippen LogP contribution is 2.22. The number of amides is 2. The Balaban J connectivity index is 1.48. The molecule has 1 saturated heterocycles. The second-order valence-corrected chi connectivity index (χ2v) is 8.66. The van der Waals surface area contributed by atoms with Crippen molar-refractivity contribution >= 4 is 11.8 Å². The number of halogens is 1. The molecule has 0 spiro atoms. The molecular weight excluding hydrogens is 419 g/mol. The van der Waals surface area contributed by atoms with Crippen LogP contribution in [0.3, 0.4) is 0 Å². The summed E-state index contributed by atoms with van der Waals surface area (Å²) >= 11 is 0.